The van der Waals surface area contributed by atoms with E-state index >= 15 is 0 Å². The fraction of sp³-hybridized carbons (Fsp3) is 0.300. The van der Waals surface area contributed by atoms with Crippen LogP contribution in [0.15, 0.2) is 97.1 Å². The van der Waals surface area contributed by atoms with Gasteiger partial charge in [0.2, 0.25) is 0 Å². The average Bonchev–Trinajstić information content (AvgIpc) is 3.39. The van der Waals surface area contributed by atoms with Gasteiger partial charge < -0.3 is 0 Å². The Balaban J connectivity index is 1.65. The Labute approximate surface area is 250 Å². The zero-order valence-electron chi connectivity index (χ0n) is 25.3. The predicted octanol–water partition coefficient (Wildman–Crippen LogP) is 11.0. The van der Waals surface area contributed by atoms with Crippen LogP contribution in [0, 0.1) is 0 Å². The predicted molar refractivity (Wildman–Crippen MR) is 176 cm³/mol. The Morgan fingerprint density at radius 2 is 1.15 bits per heavy atom. The van der Waals surface area contributed by atoms with Crippen LogP contribution in [0.3, 0.4) is 0 Å². The summed E-state index contributed by atoms with van der Waals surface area (Å²) in [6.07, 6.45) is 7.58. The van der Waals surface area contributed by atoms with Crippen molar-refractivity contribution in [1.82, 2.24) is 0 Å². The molecule has 4 aromatic carbocycles. The highest BCUT2D eigenvalue weighted by molar-refractivity contribution is 6.25. The van der Waals surface area contributed by atoms with E-state index in [1.54, 1.807) is 0 Å². The summed E-state index contributed by atoms with van der Waals surface area (Å²) in [7, 11) is 0. The highest BCUT2D eigenvalue weighted by atomic mass is 35.5. The number of halogens is 1. The first-order valence-electron chi connectivity index (χ1n) is 14.9. The van der Waals surface area contributed by atoms with Gasteiger partial charge in [0.05, 0.1) is 10.3 Å². The van der Waals surface area contributed by atoms with Crippen LogP contribution < -0.4 is 0 Å². The van der Waals surface area contributed by atoms with E-state index in [0.717, 1.165) is 6.42 Å². The van der Waals surface area contributed by atoms with Gasteiger partial charge in [-0.2, -0.15) is 0 Å². The van der Waals surface area contributed by atoms with Gasteiger partial charge >= 0.3 is 0 Å². The van der Waals surface area contributed by atoms with Crippen LogP contribution in [0.4, 0.5) is 0 Å². The molecule has 0 aromatic heterocycles. The summed E-state index contributed by atoms with van der Waals surface area (Å²) in [5.41, 5.74) is 16.0. The van der Waals surface area contributed by atoms with Crippen LogP contribution in [-0.4, -0.2) is 4.87 Å². The molecule has 7 rings (SSSR count). The normalized spacial score (nSPS) is 20.0. The molecule has 0 saturated heterocycles. The zero-order chi connectivity index (χ0) is 28.9. The number of alkyl halides is 1. The van der Waals surface area contributed by atoms with E-state index in [1.807, 2.05) is 0 Å². The lowest BCUT2D eigenvalue weighted by Crippen LogP contribution is -2.28. The van der Waals surface area contributed by atoms with Crippen molar-refractivity contribution < 1.29 is 0 Å². The van der Waals surface area contributed by atoms with E-state index in [1.165, 1.54) is 66.8 Å². The van der Waals surface area contributed by atoms with E-state index in [0.29, 0.717) is 0 Å². The Bertz CT molecular complexity index is 1730. The molecule has 0 aliphatic heterocycles. The molecule has 0 amide bonds. The molecule has 1 unspecified atom stereocenters. The molecule has 3 aliphatic carbocycles. The van der Waals surface area contributed by atoms with Crippen molar-refractivity contribution in [3.8, 4) is 22.3 Å². The summed E-state index contributed by atoms with van der Waals surface area (Å²) >= 11 is 6.76. The first-order valence-corrected chi connectivity index (χ1v) is 15.3. The minimum absolute atomic E-state index is 0.0431. The summed E-state index contributed by atoms with van der Waals surface area (Å²) in [4.78, 5) is -0.335. The van der Waals surface area contributed by atoms with Gasteiger partial charge in [0.15, 0.2) is 0 Å². The monoisotopic (exact) mass is 554 g/mol. The van der Waals surface area contributed by atoms with Crippen LogP contribution in [-0.2, 0) is 16.2 Å². The van der Waals surface area contributed by atoms with Gasteiger partial charge in [0.25, 0.3) is 0 Å². The van der Waals surface area contributed by atoms with E-state index in [2.05, 4.69) is 146 Å². The quantitative estimate of drug-likeness (QED) is 0.177. The Hall–Kier alpha value is -3.35. The second-order valence-corrected chi connectivity index (χ2v) is 15.4. The van der Waals surface area contributed by atoms with Gasteiger partial charge in [-0.3, -0.25) is 0 Å². The smallest absolute Gasteiger partial charge is 0.0731 e. The first-order chi connectivity index (χ1) is 19.3. The lowest BCUT2D eigenvalue weighted by atomic mass is 9.67. The van der Waals surface area contributed by atoms with Crippen LogP contribution in [0.5, 0.6) is 0 Å². The van der Waals surface area contributed by atoms with E-state index in [-0.39, 0.29) is 15.7 Å². The van der Waals surface area contributed by atoms with Crippen molar-refractivity contribution in [3.05, 3.63) is 136 Å². The maximum Gasteiger partial charge on any atom is 0.0731 e. The van der Waals surface area contributed by atoms with Gasteiger partial charge in [-0.15, -0.1) is 11.6 Å². The minimum atomic E-state index is -0.397. The van der Waals surface area contributed by atoms with Crippen LogP contribution in [0.2, 0.25) is 0 Å². The second kappa shape index (κ2) is 8.59. The molecule has 0 heterocycles. The van der Waals surface area contributed by atoms with Crippen molar-refractivity contribution in [2.75, 3.05) is 0 Å². The molecule has 4 aromatic rings. The van der Waals surface area contributed by atoms with Crippen molar-refractivity contribution in [3.63, 3.8) is 0 Å². The molecule has 0 radical (unpaired) electrons. The molecular weight excluding hydrogens is 516 g/mol. The molecule has 0 bridgehead atoms. The Kier molecular flexibility index (Phi) is 5.56. The van der Waals surface area contributed by atoms with E-state index in [4.69, 9.17) is 11.6 Å². The maximum atomic E-state index is 6.76. The van der Waals surface area contributed by atoms with Crippen molar-refractivity contribution in [2.45, 2.75) is 76.0 Å². The van der Waals surface area contributed by atoms with Gasteiger partial charge in [-0.05, 0) is 90.9 Å². The largest absolute Gasteiger partial charge is 0.115 e. The molecule has 3 aliphatic rings. The van der Waals surface area contributed by atoms with E-state index in [9.17, 15) is 0 Å². The summed E-state index contributed by atoms with van der Waals surface area (Å²) in [5, 5.41) is 0. The number of hydrogen-bond donors (Lipinski definition) is 0. The van der Waals surface area contributed by atoms with Crippen molar-refractivity contribution in [2.24, 2.45) is 0 Å². The second-order valence-electron chi connectivity index (χ2n) is 14.5. The summed E-state index contributed by atoms with van der Waals surface area (Å²) in [5.74, 6) is 0. The first kappa shape index (κ1) is 26.5. The Morgan fingerprint density at radius 1 is 0.610 bits per heavy atom. The molecular formula is C40H39Cl. The molecule has 206 valence electrons. The summed E-state index contributed by atoms with van der Waals surface area (Å²) in [6, 6.07) is 30.6. The van der Waals surface area contributed by atoms with Gasteiger partial charge in [0, 0.05) is 0 Å². The number of benzene rings is 4. The van der Waals surface area contributed by atoms with Gasteiger partial charge in [-0.25, -0.2) is 0 Å². The number of rotatable bonds is 1. The van der Waals surface area contributed by atoms with Gasteiger partial charge in [-0.1, -0.05) is 139 Å². The Morgan fingerprint density at radius 3 is 1.71 bits per heavy atom. The topological polar surface area (TPSA) is 0 Å². The van der Waals surface area contributed by atoms with Crippen LogP contribution in [0.25, 0.3) is 27.8 Å². The van der Waals surface area contributed by atoms with Gasteiger partial charge in [0.1, 0.15) is 0 Å². The highest BCUT2D eigenvalue weighted by Crippen LogP contribution is 2.64. The molecule has 0 fully saturated rings. The third-order valence-electron chi connectivity index (χ3n) is 9.57. The standard InChI is InChI=1S/C40H39Cl/c1-37(2,3)26-15-17-30-31-18-16-27(38(4,5)6)24-35(31)40(34(30)23-26)33-14-9-8-11-29(33)32-13-10-12-28(36(32)40)25-19-21-39(7,41)22-20-25/h8-21,23-24H,22H2,1-7H3. The molecule has 41 heavy (non-hydrogen) atoms. The highest BCUT2D eigenvalue weighted by Gasteiger charge is 2.53. The van der Waals surface area contributed by atoms with Crippen LogP contribution in [0.1, 0.15) is 93.8 Å². The fourth-order valence-electron chi connectivity index (χ4n) is 7.33. The minimum Gasteiger partial charge on any atom is -0.115 e. The summed E-state index contributed by atoms with van der Waals surface area (Å²) < 4.78 is 0. The molecule has 1 heteroatoms. The SMILES string of the molecule is CC1(Cl)C=CC(c2cccc3c2C2(c4cc(C(C)(C)C)ccc4-c4ccc(C(C)(C)C)cc42)c2ccccc2-3)=CC1. The van der Waals surface area contributed by atoms with Crippen molar-refractivity contribution in [1.29, 1.82) is 0 Å². The molecule has 0 nitrogen and oxygen atoms in total. The number of fused-ring (bicyclic) bond motifs is 10. The number of hydrogen-bond acceptors (Lipinski definition) is 0. The fourth-order valence-corrected chi connectivity index (χ4v) is 7.47. The molecule has 1 atom stereocenters. The van der Waals surface area contributed by atoms with Crippen LogP contribution >= 0.6 is 11.6 Å². The lowest BCUT2D eigenvalue weighted by Gasteiger charge is -2.34. The third kappa shape index (κ3) is 3.80. The maximum absolute atomic E-state index is 6.76. The third-order valence-corrected chi connectivity index (χ3v) is 9.85. The molecule has 0 saturated carbocycles. The van der Waals surface area contributed by atoms with Crippen molar-refractivity contribution >= 4 is 17.2 Å². The summed E-state index contributed by atoms with van der Waals surface area (Å²) in [6.45, 7) is 16.0. The molecule has 1 spiro atoms. The number of allylic oxidation sites excluding steroid dienone is 4. The average molecular weight is 555 g/mol. The zero-order valence-corrected chi connectivity index (χ0v) is 26.1. The lowest BCUT2D eigenvalue weighted by molar-refractivity contribution is 0.586. The molecule has 0 N–H and O–H groups in total. The van der Waals surface area contributed by atoms with E-state index < -0.39 is 5.41 Å².